The van der Waals surface area contributed by atoms with E-state index in [1.807, 2.05) is 58.9 Å². The average Bonchev–Trinajstić information content (AvgIpc) is 3.29. The van der Waals surface area contributed by atoms with Gasteiger partial charge in [-0.2, -0.15) is 4.31 Å². The Bertz CT molecular complexity index is 1180. The van der Waals surface area contributed by atoms with Crippen LogP contribution in [0.3, 0.4) is 0 Å². The van der Waals surface area contributed by atoms with Gasteiger partial charge in [0.2, 0.25) is 16.8 Å². The number of hydrogen-bond acceptors (Lipinski definition) is 5. The van der Waals surface area contributed by atoms with Crippen molar-refractivity contribution in [3.8, 4) is 11.5 Å². The smallest absolute Gasteiger partial charge is 0.278 e. The number of amides is 1. The molecule has 0 aliphatic carbocycles. The zero-order valence-corrected chi connectivity index (χ0v) is 21.3. The molecule has 1 fully saturated rings. The Labute approximate surface area is 201 Å². The fraction of sp³-hybridized carbons (Fsp3) is 0.480. The summed E-state index contributed by atoms with van der Waals surface area (Å²) in [5.41, 5.74) is 4.54. The molecule has 34 heavy (non-hydrogen) atoms. The number of ether oxygens (including phenoxy) is 2. The summed E-state index contributed by atoms with van der Waals surface area (Å²) in [5, 5.41) is 2.99. The van der Waals surface area contributed by atoms with Crippen LogP contribution >= 0.6 is 0 Å². The van der Waals surface area contributed by atoms with Crippen molar-refractivity contribution in [3.63, 3.8) is 0 Å². The summed E-state index contributed by atoms with van der Waals surface area (Å²) in [7, 11) is -3.59. The van der Waals surface area contributed by atoms with E-state index in [0.29, 0.717) is 49.1 Å². The molecule has 0 aromatic heterocycles. The number of quaternary nitrogens is 1. The first-order valence-electron chi connectivity index (χ1n) is 11.7. The van der Waals surface area contributed by atoms with Crippen molar-refractivity contribution < 1.29 is 27.6 Å². The Morgan fingerprint density at radius 1 is 1.03 bits per heavy atom. The maximum Gasteiger partial charge on any atom is 0.278 e. The van der Waals surface area contributed by atoms with Crippen molar-refractivity contribution in [1.29, 1.82) is 0 Å². The van der Waals surface area contributed by atoms with Crippen LogP contribution in [0.5, 0.6) is 11.5 Å². The fourth-order valence-electron chi connectivity index (χ4n) is 4.72. The molecular formula is C25H34N3O5S+. The van der Waals surface area contributed by atoms with E-state index in [1.165, 1.54) is 0 Å². The number of fused-ring (bicyclic) bond motifs is 1. The molecule has 4 rings (SSSR count). The largest absolute Gasteiger partial charge is 0.454 e. The number of sulfonamides is 1. The summed E-state index contributed by atoms with van der Waals surface area (Å²) >= 11 is 0. The third-order valence-corrected chi connectivity index (χ3v) is 9.34. The number of rotatable bonds is 6. The molecule has 0 spiro atoms. The zero-order valence-electron chi connectivity index (χ0n) is 20.5. The molecular weight excluding hydrogens is 454 g/mol. The van der Waals surface area contributed by atoms with E-state index in [2.05, 4.69) is 5.32 Å². The summed E-state index contributed by atoms with van der Waals surface area (Å²) < 4.78 is 39.3. The highest BCUT2D eigenvalue weighted by molar-refractivity contribution is 7.89. The first-order valence-corrected chi connectivity index (χ1v) is 13.1. The molecule has 9 heteroatoms. The van der Waals surface area contributed by atoms with Crippen LogP contribution in [-0.4, -0.2) is 57.6 Å². The highest BCUT2D eigenvalue weighted by atomic mass is 32.2. The van der Waals surface area contributed by atoms with E-state index in [9.17, 15) is 13.2 Å². The van der Waals surface area contributed by atoms with Gasteiger partial charge in [0.1, 0.15) is 0 Å². The number of hydrogen-bond donors (Lipinski definition) is 2. The molecule has 0 bridgehead atoms. The van der Waals surface area contributed by atoms with Crippen LogP contribution in [0.25, 0.3) is 0 Å². The summed E-state index contributed by atoms with van der Waals surface area (Å²) in [6.07, 6.45) is 0. The minimum Gasteiger partial charge on any atom is -0.454 e. The average molecular weight is 489 g/mol. The van der Waals surface area contributed by atoms with Gasteiger partial charge in [-0.15, -0.1) is 0 Å². The zero-order chi connectivity index (χ0) is 24.6. The summed E-state index contributed by atoms with van der Waals surface area (Å²) in [5.74, 6) is 1.36. The Balaban J connectivity index is 1.36. The second kappa shape index (κ2) is 9.56. The predicted octanol–water partition coefficient (Wildman–Crippen LogP) is 1.24. The normalized spacial score (nSPS) is 17.6. The molecule has 1 amide bonds. The van der Waals surface area contributed by atoms with Crippen molar-refractivity contribution in [2.45, 2.75) is 52.1 Å². The Hall–Kier alpha value is -2.62. The summed E-state index contributed by atoms with van der Waals surface area (Å²) in [4.78, 5) is 14.3. The first-order chi connectivity index (χ1) is 16.1. The van der Waals surface area contributed by atoms with Gasteiger partial charge in [-0.3, -0.25) is 4.79 Å². The maximum atomic E-state index is 13.5. The molecule has 0 saturated carbocycles. The Morgan fingerprint density at radius 2 is 1.65 bits per heavy atom. The van der Waals surface area contributed by atoms with Gasteiger partial charge in [0, 0.05) is 6.54 Å². The number of carbonyl (C=O) groups is 1. The molecule has 2 aromatic rings. The van der Waals surface area contributed by atoms with Gasteiger partial charge in [0.15, 0.2) is 17.5 Å². The number of piperazine rings is 1. The molecule has 1 saturated heterocycles. The molecule has 0 unspecified atom stereocenters. The van der Waals surface area contributed by atoms with E-state index in [0.717, 1.165) is 32.7 Å². The van der Waals surface area contributed by atoms with Gasteiger partial charge < -0.3 is 19.7 Å². The lowest BCUT2D eigenvalue weighted by atomic mass is 10.0. The lowest BCUT2D eigenvalue weighted by Crippen LogP contribution is -3.19. The number of nitrogens with zero attached hydrogens (tertiary/aromatic N) is 1. The van der Waals surface area contributed by atoms with E-state index in [4.69, 9.17) is 9.47 Å². The molecule has 2 heterocycles. The maximum absolute atomic E-state index is 13.5. The molecule has 0 radical (unpaired) electrons. The molecule has 2 aromatic carbocycles. The van der Waals surface area contributed by atoms with E-state index >= 15 is 0 Å². The third kappa shape index (κ3) is 4.64. The van der Waals surface area contributed by atoms with Gasteiger partial charge in [0.05, 0.1) is 31.1 Å². The lowest BCUT2D eigenvalue weighted by molar-refractivity contribution is -0.917. The predicted molar refractivity (Wildman–Crippen MR) is 129 cm³/mol. The minimum atomic E-state index is -3.59. The van der Waals surface area contributed by atoms with Gasteiger partial charge in [-0.05, 0) is 74.6 Å². The third-order valence-electron chi connectivity index (χ3n) is 7.17. The van der Waals surface area contributed by atoms with Gasteiger partial charge in [-0.1, -0.05) is 12.1 Å². The number of benzene rings is 2. The topological polar surface area (TPSA) is 89.4 Å². The molecule has 2 N–H and O–H groups in total. The SMILES string of the molecule is Cc1cc(C)c(C)c(S(=O)(=O)N2CC[NH+]([C@@H](C)C(=O)NCc3ccc4c(c3)OCO4)CC2)c1C. The fourth-order valence-corrected chi connectivity index (χ4v) is 6.74. The van der Waals surface area contributed by atoms with Gasteiger partial charge in [0.25, 0.3) is 5.91 Å². The highest BCUT2D eigenvalue weighted by Gasteiger charge is 2.36. The number of aryl methyl sites for hydroxylation is 2. The Morgan fingerprint density at radius 3 is 2.29 bits per heavy atom. The summed E-state index contributed by atoms with van der Waals surface area (Å²) in [6, 6.07) is 7.39. The van der Waals surface area contributed by atoms with Crippen LogP contribution in [0.1, 0.15) is 34.7 Å². The van der Waals surface area contributed by atoms with Crippen LogP contribution in [0.4, 0.5) is 0 Å². The number of nitrogens with one attached hydrogen (secondary N) is 2. The molecule has 2 aliphatic rings. The van der Waals surface area contributed by atoms with Crippen LogP contribution in [-0.2, 0) is 21.4 Å². The second-order valence-electron chi connectivity index (χ2n) is 9.28. The number of carbonyl (C=O) groups excluding carboxylic acids is 1. The minimum absolute atomic E-state index is 0.0510. The molecule has 8 nitrogen and oxygen atoms in total. The van der Waals surface area contributed by atoms with Gasteiger partial charge in [-0.25, -0.2) is 8.42 Å². The van der Waals surface area contributed by atoms with Crippen LogP contribution < -0.4 is 19.7 Å². The quantitative estimate of drug-likeness (QED) is 0.639. The van der Waals surface area contributed by atoms with Crippen molar-refractivity contribution in [2.75, 3.05) is 33.0 Å². The van der Waals surface area contributed by atoms with Crippen molar-refractivity contribution >= 4 is 15.9 Å². The van der Waals surface area contributed by atoms with Crippen molar-refractivity contribution in [1.82, 2.24) is 9.62 Å². The molecule has 1 atom stereocenters. The summed E-state index contributed by atoms with van der Waals surface area (Å²) in [6.45, 7) is 12.1. The van der Waals surface area contributed by atoms with E-state index in [-0.39, 0.29) is 18.7 Å². The molecule has 184 valence electrons. The highest BCUT2D eigenvalue weighted by Crippen LogP contribution is 2.32. The Kier molecular flexibility index (Phi) is 6.89. The monoisotopic (exact) mass is 488 g/mol. The van der Waals surface area contributed by atoms with Crippen molar-refractivity contribution in [2.24, 2.45) is 0 Å². The second-order valence-corrected chi connectivity index (χ2v) is 11.2. The van der Waals surface area contributed by atoms with Crippen molar-refractivity contribution in [3.05, 3.63) is 52.1 Å². The van der Waals surface area contributed by atoms with Crippen LogP contribution in [0.2, 0.25) is 0 Å². The molecule has 2 aliphatic heterocycles. The van der Waals surface area contributed by atoms with Crippen LogP contribution in [0, 0.1) is 27.7 Å². The standard InChI is InChI=1S/C25H33N3O5S/c1-16-12-17(2)19(4)24(18(16)3)34(30,31)28-10-8-27(9-11-28)20(5)25(29)26-14-21-6-7-22-23(13-21)33-15-32-22/h6-7,12-13,20H,8-11,14-15H2,1-5H3,(H,26,29)/p+1/t20-/m0/s1. The van der Waals surface area contributed by atoms with E-state index < -0.39 is 10.0 Å². The van der Waals surface area contributed by atoms with Crippen LogP contribution in [0.15, 0.2) is 29.2 Å². The lowest BCUT2D eigenvalue weighted by Gasteiger charge is -2.34. The van der Waals surface area contributed by atoms with E-state index in [1.54, 1.807) is 4.31 Å². The van der Waals surface area contributed by atoms with Gasteiger partial charge >= 0.3 is 0 Å². The first kappa shape index (κ1) is 24.5.